The predicted octanol–water partition coefficient (Wildman–Crippen LogP) is 7.07. The summed E-state index contributed by atoms with van der Waals surface area (Å²) in [5, 5.41) is 2.65. The Morgan fingerprint density at radius 1 is 1.13 bits per heavy atom. The first-order valence-electron chi connectivity index (χ1n) is 15.3. The van der Waals surface area contributed by atoms with E-state index in [1.54, 1.807) is 23.1 Å². The molecule has 0 saturated carbocycles. The van der Waals surface area contributed by atoms with Crippen molar-refractivity contribution in [2.24, 2.45) is 0 Å². The molecule has 1 amide bonds. The second kappa shape index (κ2) is 11.7. The Morgan fingerprint density at radius 2 is 1.93 bits per heavy atom. The molecule has 7 nitrogen and oxygen atoms in total. The molecule has 3 aromatic carbocycles. The molecule has 11 heteroatoms. The smallest absolute Gasteiger partial charge is 0.319 e. The van der Waals surface area contributed by atoms with Crippen molar-refractivity contribution in [1.29, 1.82) is 0 Å². The SMILES string of the molecule is C=CC(=O)N1CCN(c2nc(OCC34CCCN3C[C@H](F)C4)nc3c(F)c(-c4cccc5cccc(Cl)c45)c(Cl)cc23)[C@@H](C)C1. The van der Waals surface area contributed by atoms with Gasteiger partial charge in [-0.1, -0.05) is 60.1 Å². The molecule has 3 aliphatic heterocycles. The highest BCUT2D eigenvalue weighted by Crippen LogP contribution is 2.44. The minimum Gasteiger partial charge on any atom is -0.461 e. The molecule has 0 aliphatic carbocycles. The lowest BCUT2D eigenvalue weighted by Gasteiger charge is -2.40. The Kier molecular flexibility index (Phi) is 7.82. The number of piperazine rings is 1. The molecule has 4 aromatic rings. The van der Waals surface area contributed by atoms with E-state index in [4.69, 9.17) is 32.9 Å². The Labute approximate surface area is 270 Å². The molecular weight excluding hydrogens is 619 g/mol. The fraction of sp³-hybridized carbons (Fsp3) is 0.382. The zero-order valence-corrected chi connectivity index (χ0v) is 26.4. The maximum absolute atomic E-state index is 16.9. The third-order valence-corrected chi connectivity index (χ3v) is 10.2. The third kappa shape index (κ3) is 5.19. The molecule has 3 saturated heterocycles. The molecule has 234 valence electrons. The number of rotatable bonds is 6. The van der Waals surface area contributed by atoms with Gasteiger partial charge in [0.2, 0.25) is 5.91 Å². The summed E-state index contributed by atoms with van der Waals surface area (Å²) in [5.41, 5.74) is 0.372. The average molecular weight is 653 g/mol. The molecule has 0 N–H and O–H groups in total. The summed E-state index contributed by atoms with van der Waals surface area (Å²) >= 11 is 13.5. The minimum absolute atomic E-state index is 0.0148. The molecule has 0 radical (unpaired) electrons. The van der Waals surface area contributed by atoms with Crippen LogP contribution in [-0.4, -0.2) is 82.8 Å². The first kappa shape index (κ1) is 30.1. The zero-order chi connectivity index (χ0) is 31.5. The van der Waals surface area contributed by atoms with Gasteiger partial charge in [0.15, 0.2) is 5.82 Å². The van der Waals surface area contributed by atoms with Gasteiger partial charge in [-0.2, -0.15) is 9.97 Å². The highest BCUT2D eigenvalue weighted by atomic mass is 35.5. The van der Waals surface area contributed by atoms with Crippen LogP contribution in [0.15, 0.2) is 55.1 Å². The van der Waals surface area contributed by atoms with Gasteiger partial charge in [-0.15, -0.1) is 0 Å². The van der Waals surface area contributed by atoms with Crippen molar-refractivity contribution in [3.63, 3.8) is 0 Å². The molecule has 0 spiro atoms. The van der Waals surface area contributed by atoms with Gasteiger partial charge in [0, 0.05) is 60.0 Å². The predicted molar refractivity (Wildman–Crippen MR) is 175 cm³/mol. The average Bonchev–Trinajstić information content (AvgIpc) is 3.55. The van der Waals surface area contributed by atoms with Crippen molar-refractivity contribution >= 4 is 56.6 Å². The largest absolute Gasteiger partial charge is 0.461 e. The van der Waals surface area contributed by atoms with Gasteiger partial charge >= 0.3 is 6.01 Å². The first-order chi connectivity index (χ1) is 21.7. The van der Waals surface area contributed by atoms with E-state index in [0.29, 0.717) is 59.8 Å². The fourth-order valence-electron chi connectivity index (χ4n) is 7.44. The topological polar surface area (TPSA) is 61.8 Å². The molecule has 45 heavy (non-hydrogen) atoms. The van der Waals surface area contributed by atoms with Gasteiger partial charge in [0.25, 0.3) is 0 Å². The molecule has 3 aliphatic rings. The van der Waals surface area contributed by atoms with E-state index in [2.05, 4.69) is 16.5 Å². The van der Waals surface area contributed by atoms with E-state index in [1.165, 1.54) is 6.08 Å². The Balaban J connectivity index is 1.36. The Hall–Kier alpha value is -3.53. The molecule has 7 rings (SSSR count). The Morgan fingerprint density at radius 3 is 2.71 bits per heavy atom. The minimum atomic E-state index is -0.910. The van der Waals surface area contributed by atoms with E-state index in [-0.39, 0.29) is 40.7 Å². The summed E-state index contributed by atoms with van der Waals surface area (Å²) in [6.45, 7) is 8.34. The van der Waals surface area contributed by atoms with E-state index in [1.807, 2.05) is 36.1 Å². The molecule has 1 aromatic heterocycles. The van der Waals surface area contributed by atoms with Crippen LogP contribution >= 0.6 is 23.2 Å². The standard InChI is InChI=1S/C34H33Cl2F2N5O2/c1-3-27(44)41-13-14-43(20(2)17-41)32-24-15-26(36)29(23-9-4-7-21-8-5-10-25(35)28(21)23)30(38)31(24)39-33(40-32)45-19-34-11-6-12-42(34)18-22(37)16-34/h3-5,7-10,15,20,22H,1,6,11-14,16-19H2,2H3/t20-,22+,34?/m0/s1. The van der Waals surface area contributed by atoms with Crippen LogP contribution < -0.4 is 9.64 Å². The summed E-state index contributed by atoms with van der Waals surface area (Å²) < 4.78 is 37.6. The quantitative estimate of drug-likeness (QED) is 0.208. The van der Waals surface area contributed by atoms with Gasteiger partial charge in [-0.25, -0.2) is 8.78 Å². The summed E-state index contributed by atoms with van der Waals surface area (Å²) in [7, 11) is 0. The maximum atomic E-state index is 16.9. The normalized spacial score (nSPS) is 23.6. The molecular formula is C34H33Cl2F2N5O2. The molecule has 0 bridgehead atoms. The number of benzene rings is 3. The summed E-state index contributed by atoms with van der Waals surface area (Å²) in [5.74, 6) is -0.294. The van der Waals surface area contributed by atoms with Crippen LogP contribution in [0.2, 0.25) is 10.0 Å². The lowest BCUT2D eigenvalue weighted by Crippen LogP contribution is -2.53. The van der Waals surface area contributed by atoms with Crippen molar-refractivity contribution in [3.05, 3.63) is 71.0 Å². The van der Waals surface area contributed by atoms with Gasteiger partial charge in [-0.05, 0) is 55.5 Å². The lowest BCUT2D eigenvalue weighted by molar-refractivity contribution is -0.126. The monoisotopic (exact) mass is 651 g/mol. The molecule has 4 heterocycles. The number of aromatic nitrogens is 2. The summed E-state index contributed by atoms with van der Waals surface area (Å²) in [4.78, 5) is 27.7. The van der Waals surface area contributed by atoms with Gasteiger partial charge in [-0.3, -0.25) is 9.69 Å². The summed E-state index contributed by atoms with van der Waals surface area (Å²) in [6.07, 6.45) is 2.57. The number of hydrogen-bond donors (Lipinski definition) is 0. The van der Waals surface area contributed by atoms with Crippen molar-refractivity contribution in [3.8, 4) is 17.1 Å². The van der Waals surface area contributed by atoms with Crippen LogP contribution in [0.1, 0.15) is 26.2 Å². The second-order valence-electron chi connectivity index (χ2n) is 12.3. The molecule has 1 unspecified atom stereocenters. The lowest BCUT2D eigenvalue weighted by atomic mass is 9.95. The Bertz CT molecular complexity index is 1830. The van der Waals surface area contributed by atoms with Gasteiger partial charge in [0.05, 0.1) is 10.6 Å². The number of amides is 1. The van der Waals surface area contributed by atoms with E-state index >= 15 is 4.39 Å². The number of ether oxygens (including phenoxy) is 1. The van der Waals surface area contributed by atoms with Crippen LogP contribution in [0.25, 0.3) is 32.8 Å². The van der Waals surface area contributed by atoms with Crippen LogP contribution in [0.3, 0.4) is 0 Å². The van der Waals surface area contributed by atoms with Crippen LogP contribution in [0, 0.1) is 5.82 Å². The highest BCUT2D eigenvalue weighted by molar-refractivity contribution is 6.38. The second-order valence-corrected chi connectivity index (χ2v) is 13.1. The van der Waals surface area contributed by atoms with Crippen LogP contribution in [0.5, 0.6) is 6.01 Å². The van der Waals surface area contributed by atoms with Crippen molar-refractivity contribution < 1.29 is 18.3 Å². The van der Waals surface area contributed by atoms with Crippen molar-refractivity contribution in [2.75, 3.05) is 44.2 Å². The maximum Gasteiger partial charge on any atom is 0.319 e. The number of carbonyl (C=O) groups excluding carboxylic acids is 1. The zero-order valence-electron chi connectivity index (χ0n) is 24.9. The van der Waals surface area contributed by atoms with E-state index in [0.717, 1.165) is 24.8 Å². The third-order valence-electron chi connectivity index (χ3n) is 9.58. The number of hydrogen-bond acceptors (Lipinski definition) is 6. The fourth-order valence-corrected chi connectivity index (χ4v) is 8.02. The van der Waals surface area contributed by atoms with Gasteiger partial charge in [0.1, 0.15) is 24.1 Å². The van der Waals surface area contributed by atoms with Crippen molar-refractivity contribution in [2.45, 2.75) is 43.9 Å². The van der Waals surface area contributed by atoms with Gasteiger partial charge < -0.3 is 14.5 Å². The first-order valence-corrected chi connectivity index (χ1v) is 16.0. The number of halogens is 4. The van der Waals surface area contributed by atoms with Crippen LogP contribution in [-0.2, 0) is 4.79 Å². The number of nitrogens with zero attached hydrogens (tertiary/aromatic N) is 5. The number of anilines is 1. The summed E-state index contributed by atoms with van der Waals surface area (Å²) in [6, 6.07) is 12.6. The molecule has 3 atom stereocenters. The number of fused-ring (bicyclic) bond motifs is 3. The highest BCUT2D eigenvalue weighted by Gasteiger charge is 2.49. The van der Waals surface area contributed by atoms with Crippen molar-refractivity contribution in [1.82, 2.24) is 19.8 Å². The van der Waals surface area contributed by atoms with E-state index in [9.17, 15) is 9.18 Å². The van der Waals surface area contributed by atoms with E-state index < -0.39 is 17.5 Å². The molecule has 3 fully saturated rings. The number of carbonyl (C=O) groups is 1. The van der Waals surface area contributed by atoms with Crippen LogP contribution in [0.4, 0.5) is 14.6 Å². The number of alkyl halides is 1.